The van der Waals surface area contributed by atoms with E-state index in [1.807, 2.05) is 13.8 Å². The maximum Gasteiger partial charge on any atom is 0.139 e. The van der Waals surface area contributed by atoms with Crippen molar-refractivity contribution in [3.05, 3.63) is 35.4 Å². The van der Waals surface area contributed by atoms with Gasteiger partial charge < -0.3 is 4.55 Å². The van der Waals surface area contributed by atoms with Crippen LogP contribution >= 0.6 is 0 Å². The van der Waals surface area contributed by atoms with Crippen LogP contribution in [0.1, 0.15) is 58.2 Å². The molecule has 0 aliphatic carbocycles. The minimum atomic E-state index is -1.02. The minimum Gasteiger partial charge on any atom is -0.598 e. The number of aryl methyl sites for hydroxylation is 1. The van der Waals surface area contributed by atoms with Crippen LogP contribution in [0.5, 0.6) is 0 Å². The standard InChI is InChI=1S/C15H25NOS/c1-6-13-8-10-14(11-9-13)12(3)16-18(17)15(4,5)7-2/h8-12,16H,6-7H2,1-5H3/t12-,18?/m0/s1. The van der Waals surface area contributed by atoms with E-state index >= 15 is 0 Å². The Balaban J connectivity index is 2.67. The number of hydrogen-bond donors (Lipinski definition) is 1. The number of benzene rings is 1. The van der Waals surface area contributed by atoms with Crippen LogP contribution in [-0.2, 0) is 17.8 Å². The average molecular weight is 267 g/mol. The molecule has 0 radical (unpaired) electrons. The maximum atomic E-state index is 12.2. The molecule has 3 heteroatoms. The van der Waals surface area contributed by atoms with Crippen molar-refractivity contribution in [2.45, 2.75) is 58.2 Å². The van der Waals surface area contributed by atoms with Crippen molar-refractivity contribution < 1.29 is 4.55 Å². The zero-order valence-corrected chi connectivity index (χ0v) is 12.9. The molecule has 0 amide bonds. The highest BCUT2D eigenvalue weighted by molar-refractivity contribution is 7.90. The van der Waals surface area contributed by atoms with Gasteiger partial charge in [-0.05, 0) is 44.7 Å². The molecule has 18 heavy (non-hydrogen) atoms. The molecule has 0 aliphatic rings. The van der Waals surface area contributed by atoms with Crippen molar-refractivity contribution in [2.75, 3.05) is 0 Å². The molecule has 0 aliphatic heterocycles. The molecule has 1 unspecified atom stereocenters. The topological polar surface area (TPSA) is 35.1 Å². The molecule has 0 bridgehead atoms. The molecule has 0 fully saturated rings. The summed E-state index contributed by atoms with van der Waals surface area (Å²) in [6, 6.07) is 8.63. The summed E-state index contributed by atoms with van der Waals surface area (Å²) in [4.78, 5) is 0. The van der Waals surface area contributed by atoms with Gasteiger partial charge in [-0.25, -0.2) is 0 Å². The highest BCUT2D eigenvalue weighted by atomic mass is 32.2. The van der Waals surface area contributed by atoms with Crippen LogP contribution in [-0.4, -0.2) is 9.30 Å². The fourth-order valence-corrected chi connectivity index (χ4v) is 2.60. The molecule has 0 heterocycles. The number of hydrogen-bond acceptors (Lipinski definition) is 2. The molecule has 1 aromatic rings. The Hall–Kier alpha value is -0.510. The van der Waals surface area contributed by atoms with Crippen LogP contribution in [0.4, 0.5) is 0 Å². The number of rotatable bonds is 6. The molecule has 1 aromatic carbocycles. The minimum absolute atomic E-state index is 0.113. The fourth-order valence-electron chi connectivity index (χ4n) is 1.56. The lowest BCUT2D eigenvalue weighted by molar-refractivity contribution is 0.512. The third kappa shape index (κ3) is 4.01. The van der Waals surface area contributed by atoms with Gasteiger partial charge in [-0.2, -0.15) is 0 Å². The van der Waals surface area contributed by atoms with Crippen molar-refractivity contribution in [2.24, 2.45) is 0 Å². The molecule has 0 spiro atoms. The molecule has 0 aromatic heterocycles. The Morgan fingerprint density at radius 2 is 1.78 bits per heavy atom. The van der Waals surface area contributed by atoms with Gasteiger partial charge in [0.05, 0.1) is 6.04 Å². The molecule has 2 nitrogen and oxygen atoms in total. The Morgan fingerprint density at radius 1 is 1.22 bits per heavy atom. The average Bonchev–Trinajstić information content (AvgIpc) is 2.38. The van der Waals surface area contributed by atoms with Crippen molar-refractivity contribution in [3.8, 4) is 0 Å². The van der Waals surface area contributed by atoms with E-state index in [4.69, 9.17) is 0 Å². The first-order chi connectivity index (χ1) is 8.40. The first-order valence-electron chi connectivity index (χ1n) is 6.67. The van der Waals surface area contributed by atoms with Gasteiger partial charge in [-0.15, -0.1) is 4.72 Å². The molecule has 2 atom stereocenters. The summed E-state index contributed by atoms with van der Waals surface area (Å²) < 4.78 is 15.2. The quantitative estimate of drug-likeness (QED) is 0.797. The van der Waals surface area contributed by atoms with Crippen molar-refractivity contribution in [1.29, 1.82) is 0 Å². The van der Waals surface area contributed by atoms with E-state index < -0.39 is 11.4 Å². The summed E-state index contributed by atoms with van der Waals surface area (Å²) >= 11 is -1.02. The predicted octanol–water partition coefficient (Wildman–Crippen LogP) is 3.75. The lowest BCUT2D eigenvalue weighted by Gasteiger charge is -2.29. The lowest BCUT2D eigenvalue weighted by Crippen LogP contribution is -2.42. The van der Waals surface area contributed by atoms with Crippen LogP contribution in [0.2, 0.25) is 0 Å². The van der Waals surface area contributed by atoms with E-state index in [0.29, 0.717) is 0 Å². The summed E-state index contributed by atoms with van der Waals surface area (Å²) in [6.07, 6.45) is 1.95. The van der Waals surface area contributed by atoms with Gasteiger partial charge in [0.25, 0.3) is 0 Å². The van der Waals surface area contributed by atoms with E-state index in [0.717, 1.165) is 12.8 Å². The normalized spacial score (nSPS) is 15.4. The van der Waals surface area contributed by atoms with Gasteiger partial charge >= 0.3 is 0 Å². The van der Waals surface area contributed by atoms with Gasteiger partial charge in [-0.1, -0.05) is 38.1 Å². The highest BCUT2D eigenvalue weighted by Gasteiger charge is 2.31. The SMILES string of the molecule is CCc1ccc([C@H](C)N[S+]([O-])C(C)(C)CC)cc1. The van der Waals surface area contributed by atoms with Crippen molar-refractivity contribution in [1.82, 2.24) is 4.72 Å². The molecule has 1 rings (SSSR count). The zero-order chi connectivity index (χ0) is 13.8. The Morgan fingerprint density at radius 3 is 2.22 bits per heavy atom. The largest absolute Gasteiger partial charge is 0.598 e. The van der Waals surface area contributed by atoms with Crippen molar-refractivity contribution in [3.63, 3.8) is 0 Å². The summed E-state index contributed by atoms with van der Waals surface area (Å²) in [7, 11) is 0. The summed E-state index contributed by atoms with van der Waals surface area (Å²) in [5.41, 5.74) is 2.52. The monoisotopic (exact) mass is 267 g/mol. The Kier molecular flexibility index (Phi) is 5.70. The summed E-state index contributed by atoms with van der Waals surface area (Å²) in [6.45, 7) is 10.3. The van der Waals surface area contributed by atoms with Crippen LogP contribution in [0, 0.1) is 0 Å². The fraction of sp³-hybridized carbons (Fsp3) is 0.600. The lowest BCUT2D eigenvalue weighted by atomic mass is 10.1. The first-order valence-corrected chi connectivity index (χ1v) is 7.82. The highest BCUT2D eigenvalue weighted by Crippen LogP contribution is 2.23. The van der Waals surface area contributed by atoms with Gasteiger partial charge in [0, 0.05) is 11.4 Å². The Labute approximate surface area is 114 Å². The van der Waals surface area contributed by atoms with Gasteiger partial charge in [0.15, 0.2) is 0 Å². The van der Waals surface area contributed by atoms with Gasteiger partial charge in [0.2, 0.25) is 0 Å². The first kappa shape index (κ1) is 15.5. The third-order valence-electron chi connectivity index (χ3n) is 3.53. The van der Waals surface area contributed by atoms with E-state index in [9.17, 15) is 4.55 Å². The zero-order valence-electron chi connectivity index (χ0n) is 12.1. The molecule has 0 saturated carbocycles. The van der Waals surface area contributed by atoms with E-state index in [-0.39, 0.29) is 10.8 Å². The van der Waals surface area contributed by atoms with E-state index in [1.165, 1.54) is 11.1 Å². The molecular formula is C15H25NOS. The van der Waals surface area contributed by atoms with Crippen LogP contribution in [0.15, 0.2) is 24.3 Å². The van der Waals surface area contributed by atoms with Crippen LogP contribution in [0.3, 0.4) is 0 Å². The molecule has 0 saturated heterocycles. The maximum absolute atomic E-state index is 12.2. The molecule has 1 N–H and O–H groups in total. The summed E-state index contributed by atoms with van der Waals surface area (Å²) in [5, 5.41) is 0. The summed E-state index contributed by atoms with van der Waals surface area (Å²) in [5.74, 6) is 0. The molecule has 102 valence electrons. The second-order valence-electron chi connectivity index (χ2n) is 5.32. The smallest absolute Gasteiger partial charge is 0.139 e. The number of nitrogens with one attached hydrogen (secondary N) is 1. The second-order valence-corrected chi connectivity index (χ2v) is 7.19. The van der Waals surface area contributed by atoms with Crippen LogP contribution < -0.4 is 4.72 Å². The van der Waals surface area contributed by atoms with Crippen LogP contribution in [0.25, 0.3) is 0 Å². The van der Waals surface area contributed by atoms with E-state index in [1.54, 1.807) is 0 Å². The van der Waals surface area contributed by atoms with Gasteiger partial charge in [-0.3, -0.25) is 0 Å². The van der Waals surface area contributed by atoms with Gasteiger partial charge in [0.1, 0.15) is 4.75 Å². The van der Waals surface area contributed by atoms with E-state index in [2.05, 4.69) is 49.8 Å². The Bertz CT molecular complexity index is 361. The predicted molar refractivity (Wildman–Crippen MR) is 79.9 cm³/mol. The second kappa shape index (κ2) is 6.60. The third-order valence-corrected chi connectivity index (χ3v) is 5.39. The molecular weight excluding hydrogens is 242 g/mol. The van der Waals surface area contributed by atoms with Crippen molar-refractivity contribution >= 4 is 11.4 Å².